The Kier molecular flexibility index (Phi) is 4.91. The molecule has 0 saturated heterocycles. The lowest BCUT2D eigenvalue weighted by Crippen LogP contribution is -2.34. The summed E-state index contributed by atoms with van der Waals surface area (Å²) in [5.41, 5.74) is 2.49. The average molecular weight is 261 g/mol. The van der Waals surface area contributed by atoms with Crippen LogP contribution in [0.5, 0.6) is 0 Å². The molecule has 1 amide bonds. The minimum absolute atomic E-state index is 0.126. The summed E-state index contributed by atoms with van der Waals surface area (Å²) in [5, 5.41) is 6.42. The third-order valence-corrected chi connectivity index (χ3v) is 3.72. The van der Waals surface area contributed by atoms with Crippen LogP contribution in [0.1, 0.15) is 50.4 Å². The molecule has 0 spiro atoms. The zero-order valence-corrected chi connectivity index (χ0v) is 11.8. The van der Waals surface area contributed by atoms with E-state index in [1.54, 1.807) is 0 Å². The minimum Gasteiger partial charge on any atom is -0.354 e. The normalized spacial score (nSPS) is 18.9. The molecule has 0 radical (unpaired) electrons. The van der Waals surface area contributed by atoms with Crippen LogP contribution in [0.25, 0.3) is 0 Å². The molecule has 4 nitrogen and oxygen atoms in total. The molecule has 2 rings (SSSR count). The van der Waals surface area contributed by atoms with Gasteiger partial charge in [-0.25, -0.2) is 0 Å². The Hall–Kier alpha value is -1.42. The van der Waals surface area contributed by atoms with Gasteiger partial charge in [0.1, 0.15) is 0 Å². The van der Waals surface area contributed by atoms with Gasteiger partial charge >= 0.3 is 0 Å². The highest BCUT2D eigenvalue weighted by atomic mass is 16.1. The van der Waals surface area contributed by atoms with E-state index in [9.17, 15) is 4.79 Å². The van der Waals surface area contributed by atoms with Gasteiger partial charge in [-0.15, -0.1) is 0 Å². The maximum atomic E-state index is 11.7. The molecular formula is C15H23N3O. The number of aryl methyl sites for hydroxylation is 1. The summed E-state index contributed by atoms with van der Waals surface area (Å²) in [6.07, 6.45) is 5.51. The van der Waals surface area contributed by atoms with Crippen LogP contribution in [0.4, 0.5) is 0 Å². The lowest BCUT2D eigenvalue weighted by atomic mass is 10.2. The van der Waals surface area contributed by atoms with Crippen molar-refractivity contribution < 1.29 is 4.79 Å². The van der Waals surface area contributed by atoms with Gasteiger partial charge in [-0.3, -0.25) is 9.78 Å². The Bertz CT molecular complexity index is 433. The Balaban J connectivity index is 1.74. The smallest absolute Gasteiger partial charge is 0.221 e. The van der Waals surface area contributed by atoms with Gasteiger partial charge in [0.05, 0.1) is 11.7 Å². The first-order valence-corrected chi connectivity index (χ1v) is 7.17. The Morgan fingerprint density at radius 1 is 1.58 bits per heavy atom. The average Bonchev–Trinajstić information content (AvgIpc) is 2.82. The van der Waals surface area contributed by atoms with Crippen molar-refractivity contribution in [1.29, 1.82) is 0 Å². The van der Waals surface area contributed by atoms with E-state index in [4.69, 9.17) is 0 Å². The number of rotatable bonds is 6. The first-order valence-electron chi connectivity index (χ1n) is 7.17. The zero-order chi connectivity index (χ0) is 13.7. The van der Waals surface area contributed by atoms with Crippen molar-refractivity contribution >= 4 is 5.91 Å². The number of aromatic nitrogens is 1. The topological polar surface area (TPSA) is 54.0 Å². The molecule has 2 atom stereocenters. The van der Waals surface area contributed by atoms with Crippen molar-refractivity contribution in [2.24, 2.45) is 0 Å². The maximum absolute atomic E-state index is 11.7. The molecule has 104 valence electrons. The van der Waals surface area contributed by atoms with E-state index in [0.717, 1.165) is 25.0 Å². The van der Waals surface area contributed by atoms with Crippen molar-refractivity contribution in [1.82, 2.24) is 15.6 Å². The van der Waals surface area contributed by atoms with E-state index in [1.165, 1.54) is 5.56 Å². The van der Waals surface area contributed by atoms with Crippen molar-refractivity contribution in [3.63, 3.8) is 0 Å². The van der Waals surface area contributed by atoms with Crippen LogP contribution in [0.3, 0.4) is 0 Å². The summed E-state index contributed by atoms with van der Waals surface area (Å²) in [6, 6.07) is 4.70. The standard InChI is InChI=1S/C15H23N3O/c1-3-11(2)18-14(19)8-10-16-13-7-6-12-5-4-9-17-15(12)13/h4-5,9,11,13,16H,3,6-8,10H2,1-2H3,(H,18,19). The lowest BCUT2D eigenvalue weighted by molar-refractivity contribution is -0.121. The van der Waals surface area contributed by atoms with E-state index in [-0.39, 0.29) is 11.9 Å². The molecule has 19 heavy (non-hydrogen) atoms. The molecule has 0 aromatic carbocycles. The van der Waals surface area contributed by atoms with E-state index in [1.807, 2.05) is 19.2 Å². The second-order valence-corrected chi connectivity index (χ2v) is 5.22. The molecule has 0 bridgehead atoms. The van der Waals surface area contributed by atoms with Gasteiger partial charge in [0.15, 0.2) is 0 Å². The molecule has 1 aromatic rings. The van der Waals surface area contributed by atoms with Gasteiger partial charge < -0.3 is 10.6 Å². The number of nitrogens with one attached hydrogen (secondary N) is 2. The summed E-state index contributed by atoms with van der Waals surface area (Å²) in [7, 11) is 0. The lowest BCUT2D eigenvalue weighted by Gasteiger charge is -2.14. The number of fused-ring (bicyclic) bond motifs is 1. The van der Waals surface area contributed by atoms with Crippen LogP contribution in [-0.2, 0) is 11.2 Å². The Morgan fingerprint density at radius 3 is 3.21 bits per heavy atom. The minimum atomic E-state index is 0.126. The highest BCUT2D eigenvalue weighted by molar-refractivity contribution is 5.76. The molecule has 1 aliphatic rings. The number of hydrogen-bond donors (Lipinski definition) is 2. The first-order chi connectivity index (χ1) is 9.20. The fraction of sp³-hybridized carbons (Fsp3) is 0.600. The van der Waals surface area contributed by atoms with E-state index in [2.05, 4.69) is 28.6 Å². The van der Waals surface area contributed by atoms with Crippen molar-refractivity contribution in [3.05, 3.63) is 29.6 Å². The fourth-order valence-corrected chi connectivity index (χ4v) is 2.42. The molecule has 1 aromatic heterocycles. The molecule has 4 heteroatoms. The number of nitrogens with zero attached hydrogens (tertiary/aromatic N) is 1. The molecule has 0 aliphatic heterocycles. The maximum Gasteiger partial charge on any atom is 0.221 e. The van der Waals surface area contributed by atoms with E-state index in [0.29, 0.717) is 19.0 Å². The van der Waals surface area contributed by atoms with Crippen LogP contribution < -0.4 is 10.6 Å². The predicted octanol–water partition coefficient (Wildman–Crippen LogP) is 1.96. The van der Waals surface area contributed by atoms with E-state index >= 15 is 0 Å². The van der Waals surface area contributed by atoms with Crippen LogP contribution in [0.15, 0.2) is 18.3 Å². The van der Waals surface area contributed by atoms with Crippen molar-refractivity contribution in [2.75, 3.05) is 6.54 Å². The highest BCUT2D eigenvalue weighted by Crippen LogP contribution is 2.28. The molecule has 2 N–H and O–H groups in total. The fourth-order valence-electron chi connectivity index (χ4n) is 2.42. The predicted molar refractivity (Wildman–Crippen MR) is 75.8 cm³/mol. The molecular weight excluding hydrogens is 238 g/mol. The summed E-state index contributed by atoms with van der Waals surface area (Å²) >= 11 is 0. The quantitative estimate of drug-likeness (QED) is 0.823. The van der Waals surface area contributed by atoms with Crippen molar-refractivity contribution in [3.8, 4) is 0 Å². The zero-order valence-electron chi connectivity index (χ0n) is 11.8. The second-order valence-electron chi connectivity index (χ2n) is 5.22. The number of pyridine rings is 1. The monoisotopic (exact) mass is 261 g/mol. The third-order valence-electron chi connectivity index (χ3n) is 3.72. The van der Waals surface area contributed by atoms with Crippen LogP contribution >= 0.6 is 0 Å². The Labute approximate surface area is 115 Å². The summed E-state index contributed by atoms with van der Waals surface area (Å²) in [4.78, 5) is 16.1. The van der Waals surface area contributed by atoms with E-state index < -0.39 is 0 Å². The largest absolute Gasteiger partial charge is 0.354 e. The van der Waals surface area contributed by atoms with Crippen LogP contribution in [0, 0.1) is 0 Å². The SMILES string of the molecule is CCC(C)NC(=O)CCNC1CCc2cccnc21. The number of amides is 1. The van der Waals surface area contributed by atoms with Gasteiger partial charge in [-0.05, 0) is 37.8 Å². The number of hydrogen-bond acceptors (Lipinski definition) is 3. The van der Waals surface area contributed by atoms with Crippen molar-refractivity contribution in [2.45, 2.75) is 51.6 Å². The van der Waals surface area contributed by atoms with Crippen LogP contribution in [0.2, 0.25) is 0 Å². The van der Waals surface area contributed by atoms with Gasteiger partial charge in [0.2, 0.25) is 5.91 Å². The number of carbonyl (C=O) groups is 1. The summed E-state index contributed by atoms with van der Waals surface area (Å²) in [5.74, 6) is 0.126. The molecule has 0 saturated carbocycles. The van der Waals surface area contributed by atoms with Gasteiger partial charge in [0, 0.05) is 25.2 Å². The second kappa shape index (κ2) is 6.66. The molecule has 2 unspecified atom stereocenters. The van der Waals surface area contributed by atoms with Gasteiger partial charge in [-0.1, -0.05) is 13.0 Å². The number of carbonyl (C=O) groups excluding carboxylic acids is 1. The van der Waals surface area contributed by atoms with Gasteiger partial charge in [-0.2, -0.15) is 0 Å². The van der Waals surface area contributed by atoms with Gasteiger partial charge in [0.25, 0.3) is 0 Å². The summed E-state index contributed by atoms with van der Waals surface area (Å²) in [6.45, 7) is 4.82. The molecule has 0 fully saturated rings. The molecule has 1 aliphatic carbocycles. The molecule has 1 heterocycles. The third kappa shape index (κ3) is 3.77. The highest BCUT2D eigenvalue weighted by Gasteiger charge is 2.22. The summed E-state index contributed by atoms with van der Waals surface area (Å²) < 4.78 is 0. The van der Waals surface area contributed by atoms with Crippen LogP contribution in [-0.4, -0.2) is 23.5 Å². The Morgan fingerprint density at radius 2 is 2.42 bits per heavy atom. The first kappa shape index (κ1) is 14.0.